The minimum atomic E-state index is -0.964. The number of carbonyl (C=O) groups is 4. The van der Waals surface area contributed by atoms with Crippen molar-refractivity contribution in [3.05, 3.63) is 23.8 Å². The number of fused-ring (bicyclic) bond motifs is 1. The molecule has 152 valence electrons. The first-order valence-electron chi connectivity index (χ1n) is 9.35. The molecule has 0 bridgehead atoms. The summed E-state index contributed by atoms with van der Waals surface area (Å²) in [6.45, 7) is 4.16. The van der Waals surface area contributed by atoms with Crippen molar-refractivity contribution in [2.24, 2.45) is 0 Å². The van der Waals surface area contributed by atoms with Gasteiger partial charge in [-0.3, -0.25) is 19.2 Å². The first-order valence-corrected chi connectivity index (χ1v) is 9.35. The molecule has 1 aliphatic heterocycles. The molecule has 8 heteroatoms. The number of nitrogens with zero attached hydrogens (tertiary/aromatic N) is 2. The van der Waals surface area contributed by atoms with Crippen LogP contribution in [-0.4, -0.2) is 59.8 Å². The van der Waals surface area contributed by atoms with Crippen molar-refractivity contribution in [3.63, 3.8) is 0 Å². The van der Waals surface area contributed by atoms with Crippen LogP contribution in [0, 0.1) is 0 Å². The van der Waals surface area contributed by atoms with Crippen LogP contribution in [0.2, 0.25) is 0 Å². The van der Waals surface area contributed by atoms with Crippen LogP contribution in [0.25, 0.3) is 0 Å². The summed E-state index contributed by atoms with van der Waals surface area (Å²) in [4.78, 5) is 50.6. The Kier molecular flexibility index (Phi) is 7.14. The molecule has 1 aromatic carbocycles. The van der Waals surface area contributed by atoms with Crippen LogP contribution in [0.1, 0.15) is 49.9 Å². The van der Waals surface area contributed by atoms with Gasteiger partial charge in [-0.15, -0.1) is 0 Å². The van der Waals surface area contributed by atoms with E-state index in [0.717, 1.165) is 0 Å². The molecule has 0 saturated carbocycles. The molecule has 1 heterocycles. The van der Waals surface area contributed by atoms with E-state index in [4.69, 9.17) is 9.84 Å². The predicted molar refractivity (Wildman–Crippen MR) is 103 cm³/mol. The van der Waals surface area contributed by atoms with Gasteiger partial charge in [-0.05, 0) is 31.5 Å². The number of likely N-dealkylation sites (N-methyl/N-ethyl adjacent to an activating group) is 1. The fourth-order valence-electron chi connectivity index (χ4n) is 3.07. The summed E-state index contributed by atoms with van der Waals surface area (Å²) >= 11 is 0. The lowest BCUT2D eigenvalue weighted by molar-refractivity contribution is -0.138. The lowest BCUT2D eigenvalue weighted by Gasteiger charge is -2.30. The Hall–Kier alpha value is -2.90. The largest absolute Gasteiger partial charge is 0.481 e. The summed E-state index contributed by atoms with van der Waals surface area (Å²) < 4.78 is 5.54. The summed E-state index contributed by atoms with van der Waals surface area (Å²) in [6, 6.07) is 4.87. The number of carboxylic acids is 1. The van der Waals surface area contributed by atoms with Gasteiger partial charge in [0.1, 0.15) is 5.75 Å². The Morgan fingerprint density at radius 2 is 1.89 bits per heavy atom. The molecule has 1 atom stereocenters. The van der Waals surface area contributed by atoms with Crippen molar-refractivity contribution in [1.29, 1.82) is 0 Å². The maximum atomic E-state index is 12.5. The van der Waals surface area contributed by atoms with Crippen molar-refractivity contribution in [1.82, 2.24) is 4.90 Å². The topological polar surface area (TPSA) is 104 Å². The quantitative estimate of drug-likeness (QED) is 0.648. The van der Waals surface area contributed by atoms with Crippen LogP contribution >= 0.6 is 0 Å². The van der Waals surface area contributed by atoms with Crippen molar-refractivity contribution in [2.75, 3.05) is 25.0 Å². The zero-order valence-corrected chi connectivity index (χ0v) is 16.4. The Morgan fingerprint density at radius 3 is 2.54 bits per heavy atom. The summed E-state index contributed by atoms with van der Waals surface area (Å²) in [5.74, 6) is -1.08. The number of anilines is 1. The number of benzene rings is 1. The average molecular weight is 390 g/mol. The average Bonchev–Trinajstić information content (AvgIpc) is 2.67. The van der Waals surface area contributed by atoms with Gasteiger partial charge in [0.25, 0.3) is 5.91 Å². The van der Waals surface area contributed by atoms with Crippen LogP contribution < -0.4 is 9.64 Å². The van der Waals surface area contributed by atoms with E-state index in [2.05, 4.69) is 0 Å². The number of rotatable bonds is 9. The number of hydrogen-bond acceptors (Lipinski definition) is 5. The number of ketones is 1. The zero-order chi connectivity index (χ0) is 20.8. The lowest BCUT2D eigenvalue weighted by Crippen LogP contribution is -2.42. The Labute approximate surface area is 164 Å². The van der Waals surface area contributed by atoms with Crippen molar-refractivity contribution < 1.29 is 29.0 Å². The SMILES string of the molecule is CCCN(CCC(=O)O)C(=O)CCC(=O)c1ccc2c(c1)N(C)C(=O)C(C)O2. The van der Waals surface area contributed by atoms with Gasteiger partial charge in [-0.25, -0.2) is 0 Å². The molecule has 1 aromatic rings. The normalized spacial score (nSPS) is 15.6. The highest BCUT2D eigenvalue weighted by atomic mass is 16.5. The standard InChI is InChI=1S/C20H26N2O6/c1-4-10-22(11-9-19(25)26)18(24)8-6-16(23)14-5-7-17-15(12-14)21(3)20(27)13(2)28-17/h5,7,12-13H,4,6,8-11H2,1-3H3,(H,25,26). The van der Waals surface area contributed by atoms with E-state index < -0.39 is 12.1 Å². The molecule has 0 fully saturated rings. The molecule has 0 aliphatic carbocycles. The second-order valence-corrected chi connectivity index (χ2v) is 6.79. The first kappa shape index (κ1) is 21.4. The fraction of sp³-hybridized carbons (Fsp3) is 0.500. The molecule has 2 rings (SSSR count). The van der Waals surface area contributed by atoms with Gasteiger partial charge in [-0.1, -0.05) is 6.92 Å². The Bertz CT molecular complexity index is 776. The second-order valence-electron chi connectivity index (χ2n) is 6.79. The van der Waals surface area contributed by atoms with Gasteiger partial charge in [0, 0.05) is 38.5 Å². The summed E-state index contributed by atoms with van der Waals surface area (Å²) in [5, 5.41) is 8.80. The molecule has 28 heavy (non-hydrogen) atoms. The molecule has 2 amide bonds. The van der Waals surface area contributed by atoms with Crippen LogP contribution in [0.5, 0.6) is 5.75 Å². The van der Waals surface area contributed by atoms with E-state index in [-0.39, 0.29) is 43.4 Å². The van der Waals surface area contributed by atoms with E-state index >= 15 is 0 Å². The van der Waals surface area contributed by atoms with Crippen LogP contribution in [0.3, 0.4) is 0 Å². The molecular weight excluding hydrogens is 364 g/mol. The maximum absolute atomic E-state index is 12.5. The summed E-state index contributed by atoms with van der Waals surface area (Å²) in [5.41, 5.74) is 0.922. The van der Waals surface area contributed by atoms with Crippen LogP contribution in [-0.2, 0) is 14.4 Å². The number of aliphatic carboxylic acids is 1. The third kappa shape index (κ3) is 5.09. The van der Waals surface area contributed by atoms with E-state index in [1.807, 2.05) is 6.92 Å². The van der Waals surface area contributed by atoms with Crippen molar-refractivity contribution in [3.8, 4) is 5.75 Å². The minimum Gasteiger partial charge on any atom is -0.481 e. The van der Waals surface area contributed by atoms with Gasteiger partial charge < -0.3 is 19.6 Å². The molecule has 1 aliphatic rings. The van der Waals surface area contributed by atoms with Gasteiger partial charge in [-0.2, -0.15) is 0 Å². The Morgan fingerprint density at radius 1 is 1.18 bits per heavy atom. The van der Waals surface area contributed by atoms with Gasteiger partial charge in [0.05, 0.1) is 12.1 Å². The molecule has 1 N–H and O–H groups in total. The van der Waals surface area contributed by atoms with Crippen LogP contribution in [0.4, 0.5) is 5.69 Å². The number of Topliss-reactive ketones (excluding diaryl/α,β-unsaturated/α-hetero) is 1. The third-order valence-electron chi connectivity index (χ3n) is 4.63. The van der Waals surface area contributed by atoms with Gasteiger partial charge in [0.15, 0.2) is 11.9 Å². The van der Waals surface area contributed by atoms with E-state index in [0.29, 0.717) is 30.0 Å². The highest BCUT2D eigenvalue weighted by Crippen LogP contribution is 2.34. The zero-order valence-electron chi connectivity index (χ0n) is 16.4. The molecule has 0 radical (unpaired) electrons. The molecule has 0 saturated heterocycles. The predicted octanol–water partition coefficient (Wildman–Crippen LogP) is 2.11. The number of carbonyl (C=O) groups excluding carboxylic acids is 3. The molecule has 0 aromatic heterocycles. The second kappa shape index (κ2) is 9.34. The number of carboxylic acid groups (broad SMARTS) is 1. The summed E-state index contributed by atoms with van der Waals surface area (Å²) in [6.07, 6.45) is 0.0381. The number of amides is 2. The molecular formula is C20H26N2O6. The molecule has 8 nitrogen and oxygen atoms in total. The van der Waals surface area contributed by atoms with Crippen LogP contribution in [0.15, 0.2) is 18.2 Å². The van der Waals surface area contributed by atoms with E-state index in [1.54, 1.807) is 32.2 Å². The maximum Gasteiger partial charge on any atom is 0.305 e. The summed E-state index contributed by atoms with van der Waals surface area (Å²) in [7, 11) is 1.63. The minimum absolute atomic E-state index is 0.0117. The third-order valence-corrected chi connectivity index (χ3v) is 4.63. The number of hydrogen-bond donors (Lipinski definition) is 1. The first-order chi connectivity index (χ1) is 13.2. The van der Waals surface area contributed by atoms with Crippen molar-refractivity contribution >= 4 is 29.3 Å². The van der Waals surface area contributed by atoms with E-state index in [9.17, 15) is 19.2 Å². The molecule has 0 spiro atoms. The fourth-order valence-corrected chi connectivity index (χ4v) is 3.07. The lowest BCUT2D eigenvalue weighted by atomic mass is 10.0. The monoisotopic (exact) mass is 390 g/mol. The smallest absolute Gasteiger partial charge is 0.305 e. The van der Waals surface area contributed by atoms with Crippen molar-refractivity contribution in [2.45, 2.75) is 45.6 Å². The van der Waals surface area contributed by atoms with E-state index in [1.165, 1.54) is 9.80 Å². The highest BCUT2D eigenvalue weighted by molar-refractivity contribution is 6.03. The Balaban J connectivity index is 2.02. The highest BCUT2D eigenvalue weighted by Gasteiger charge is 2.29. The van der Waals surface area contributed by atoms with Gasteiger partial charge >= 0.3 is 5.97 Å². The van der Waals surface area contributed by atoms with Gasteiger partial charge in [0.2, 0.25) is 5.91 Å². The molecule has 1 unspecified atom stereocenters. The number of ether oxygens (including phenoxy) is 1.